The van der Waals surface area contributed by atoms with Crippen LogP contribution >= 0.6 is 0 Å². The lowest BCUT2D eigenvalue weighted by Gasteiger charge is -2.46. The fourth-order valence-electron chi connectivity index (χ4n) is 10.1. The van der Waals surface area contributed by atoms with Gasteiger partial charge in [-0.15, -0.1) is 0 Å². The maximum absolute atomic E-state index is 14.3. The van der Waals surface area contributed by atoms with E-state index in [1.807, 2.05) is 53.5 Å². The largest absolute Gasteiger partial charge is 0.467 e. The Bertz CT molecular complexity index is 1680. The molecular formula is C50H86N4O11. The van der Waals surface area contributed by atoms with Gasteiger partial charge in [-0.2, -0.15) is 0 Å². The second-order valence-corrected chi connectivity index (χ2v) is 20.5. The summed E-state index contributed by atoms with van der Waals surface area (Å²) in [5.41, 5.74) is 6.19. The highest BCUT2D eigenvalue weighted by Crippen LogP contribution is 2.39. The van der Waals surface area contributed by atoms with E-state index in [4.69, 9.17) is 29.4 Å². The number of nitrogens with two attached hydrogens (primary N) is 1. The lowest BCUT2D eigenvalue weighted by molar-refractivity contribution is -0.279. The molecule has 3 aliphatic rings. The molecule has 65 heavy (non-hydrogen) atoms. The summed E-state index contributed by atoms with van der Waals surface area (Å²) in [6, 6.07) is 7.62. The Labute approximate surface area is 389 Å². The molecule has 0 saturated carbocycles. The van der Waals surface area contributed by atoms with E-state index in [-0.39, 0.29) is 55.2 Å². The molecule has 3 aliphatic heterocycles. The Balaban J connectivity index is 1.61. The van der Waals surface area contributed by atoms with E-state index in [0.717, 1.165) is 12.0 Å². The monoisotopic (exact) mass is 919 g/mol. The minimum Gasteiger partial charge on any atom is -0.467 e. The van der Waals surface area contributed by atoms with Crippen LogP contribution < -0.4 is 11.1 Å². The summed E-state index contributed by atoms with van der Waals surface area (Å²) in [5, 5.41) is 60.1. The first-order valence-corrected chi connectivity index (χ1v) is 24.0. The van der Waals surface area contributed by atoms with E-state index < -0.39 is 78.1 Å². The number of esters is 1. The van der Waals surface area contributed by atoms with Crippen LogP contribution in [0.2, 0.25) is 0 Å². The van der Waals surface area contributed by atoms with Crippen molar-refractivity contribution < 1.29 is 54.0 Å². The average Bonchev–Trinajstić information content (AvgIpc) is 3.24. The van der Waals surface area contributed by atoms with Gasteiger partial charge in [-0.25, -0.2) is 0 Å². The summed E-state index contributed by atoms with van der Waals surface area (Å²) in [7, 11) is 3.92. The first-order chi connectivity index (χ1) is 30.4. The molecule has 15 heteroatoms. The number of rotatable bonds is 14. The highest BCUT2D eigenvalue weighted by Gasteiger charge is 2.50. The number of likely N-dealkylation sites (N-methyl/N-ethyl adjacent to an activating group) is 1. The molecule has 3 heterocycles. The molecule has 0 aliphatic carbocycles. The van der Waals surface area contributed by atoms with Gasteiger partial charge >= 0.3 is 5.97 Å². The first-order valence-electron chi connectivity index (χ1n) is 24.0. The number of benzene rings is 1. The van der Waals surface area contributed by atoms with Crippen LogP contribution in [0, 0.1) is 30.6 Å². The SMILES string of the molecule is C=C1O[C@@H](O[C@H]2[C@H](C)[C@@H](O[C@H]3C[C@@H](N(C)CC/C(N)=C/N[C@H](CO)Cc4ccc(C)cc4)C[C@@H](C)O3)[C@](C)(O)C[C@@H](C)CN(C)[C@H](C)[C@@H](O)[C@](C)(O)[C@@H](CC)OC(=O)[C@@H]2C)C[C@H](C)[C@H]1O. The summed E-state index contributed by atoms with van der Waals surface area (Å²) in [4.78, 5) is 18.5. The van der Waals surface area contributed by atoms with Crippen molar-refractivity contribution in [3.63, 3.8) is 0 Å². The average molecular weight is 919 g/mol. The van der Waals surface area contributed by atoms with Gasteiger partial charge in [0.2, 0.25) is 0 Å². The fourth-order valence-corrected chi connectivity index (χ4v) is 10.1. The maximum atomic E-state index is 14.3. The number of nitrogens with zero attached hydrogens (tertiary/aromatic N) is 2. The van der Waals surface area contributed by atoms with Gasteiger partial charge in [0.15, 0.2) is 12.6 Å². The molecule has 1 aromatic rings. The summed E-state index contributed by atoms with van der Waals surface area (Å²) >= 11 is 0. The molecule has 8 N–H and O–H groups in total. The standard InChI is InChI=1S/C50H86N4O11/c1-14-41-50(11,60)46(57)35(8)54(13)27-30(3)25-49(10,59)47(33(6)45(34(7)48(58)63-41)64-42-21-31(4)44(56)36(9)62-42)65-43-24-40(22-32(5)61-43)53(12)20-19-38(51)26-52-39(28-55)23-37-17-15-29(2)16-18-37/h15-18,26,30-35,39-47,52,55-57,59-60H,9,14,19-25,27-28,51H2,1-8,10-13H3/b38-26-/t30-,31+,32-,33+,34-,35-,39+,40+,41-,42+,43+,44-,45+,46-,47-,49-,50-/m1/s1. The van der Waals surface area contributed by atoms with Gasteiger partial charge in [-0.1, -0.05) is 64.1 Å². The molecule has 15 nitrogen and oxygen atoms in total. The number of nitrogens with one attached hydrogen (secondary N) is 1. The van der Waals surface area contributed by atoms with Crippen molar-refractivity contribution in [3.05, 3.63) is 59.6 Å². The molecule has 0 aromatic heterocycles. The van der Waals surface area contributed by atoms with Crippen LogP contribution in [0.1, 0.15) is 112 Å². The number of ether oxygens (including phenoxy) is 5. The second kappa shape index (κ2) is 23.9. The molecule has 0 spiro atoms. The zero-order valence-electron chi connectivity index (χ0n) is 41.5. The van der Waals surface area contributed by atoms with Crippen molar-refractivity contribution in [3.8, 4) is 0 Å². The van der Waals surface area contributed by atoms with Crippen LogP contribution in [0.25, 0.3) is 0 Å². The van der Waals surface area contributed by atoms with Gasteiger partial charge in [0.1, 0.15) is 29.7 Å². The molecule has 4 rings (SSSR count). The van der Waals surface area contributed by atoms with Crippen molar-refractivity contribution in [2.45, 2.75) is 193 Å². The molecule has 372 valence electrons. The fraction of sp³-hybridized carbons (Fsp3) is 0.780. The molecule has 0 bridgehead atoms. The number of aryl methyl sites for hydroxylation is 1. The summed E-state index contributed by atoms with van der Waals surface area (Å²) in [5.74, 6) is -2.49. The van der Waals surface area contributed by atoms with Gasteiger partial charge in [-0.3, -0.25) is 4.79 Å². The third-order valence-corrected chi connectivity index (χ3v) is 14.3. The molecule has 3 saturated heterocycles. The van der Waals surface area contributed by atoms with Crippen LogP contribution in [0.5, 0.6) is 0 Å². The topological polar surface area (TPSA) is 209 Å². The number of carbonyl (C=O) groups excluding carboxylic acids is 1. The Morgan fingerprint density at radius 3 is 2.32 bits per heavy atom. The van der Waals surface area contributed by atoms with E-state index in [0.29, 0.717) is 44.5 Å². The number of aliphatic hydroxyl groups is 5. The third-order valence-electron chi connectivity index (χ3n) is 14.3. The number of carbonyl (C=O) groups is 1. The number of aliphatic hydroxyl groups excluding tert-OH is 3. The van der Waals surface area contributed by atoms with Crippen molar-refractivity contribution in [1.82, 2.24) is 15.1 Å². The van der Waals surface area contributed by atoms with Crippen molar-refractivity contribution in [2.24, 2.45) is 29.4 Å². The molecule has 3 fully saturated rings. The summed E-state index contributed by atoms with van der Waals surface area (Å²) in [6.45, 7) is 23.4. The smallest absolute Gasteiger partial charge is 0.311 e. The van der Waals surface area contributed by atoms with Crippen LogP contribution in [0.3, 0.4) is 0 Å². The molecule has 0 amide bonds. The van der Waals surface area contributed by atoms with Crippen molar-refractivity contribution in [2.75, 3.05) is 33.8 Å². The Morgan fingerprint density at radius 2 is 1.71 bits per heavy atom. The lowest BCUT2D eigenvalue weighted by atomic mass is 9.77. The zero-order chi connectivity index (χ0) is 48.6. The second-order valence-electron chi connectivity index (χ2n) is 20.5. The maximum Gasteiger partial charge on any atom is 0.311 e. The molecule has 1 aromatic carbocycles. The summed E-state index contributed by atoms with van der Waals surface area (Å²) in [6.07, 6.45) is -1.76. The van der Waals surface area contributed by atoms with Gasteiger partial charge in [0.05, 0.1) is 42.5 Å². The Hall–Kier alpha value is -2.83. The van der Waals surface area contributed by atoms with Gasteiger partial charge in [0.25, 0.3) is 0 Å². The quantitative estimate of drug-likeness (QED) is 0.130. The normalized spacial score (nSPS) is 39.2. The Morgan fingerprint density at radius 1 is 1.05 bits per heavy atom. The van der Waals surface area contributed by atoms with Gasteiger partial charge in [0, 0.05) is 62.3 Å². The van der Waals surface area contributed by atoms with E-state index >= 15 is 0 Å². The van der Waals surface area contributed by atoms with Crippen molar-refractivity contribution >= 4 is 5.97 Å². The minimum atomic E-state index is -1.79. The van der Waals surface area contributed by atoms with E-state index in [2.05, 4.69) is 48.1 Å². The lowest BCUT2D eigenvalue weighted by Crippen LogP contribution is -2.59. The first kappa shape index (κ1) is 54.8. The molecule has 0 radical (unpaired) electrons. The van der Waals surface area contributed by atoms with Gasteiger partial charge < -0.3 is 70.1 Å². The Kier molecular flexibility index (Phi) is 20.2. The van der Waals surface area contributed by atoms with E-state index in [9.17, 15) is 30.3 Å². The minimum absolute atomic E-state index is 0.0312. The van der Waals surface area contributed by atoms with Crippen LogP contribution in [-0.2, 0) is 34.9 Å². The third kappa shape index (κ3) is 14.8. The predicted octanol–water partition coefficient (Wildman–Crippen LogP) is 4.35. The molecule has 0 unspecified atom stereocenters. The number of cyclic esters (lactones) is 1. The van der Waals surface area contributed by atoms with Gasteiger partial charge in [-0.05, 0) is 98.7 Å². The predicted molar refractivity (Wildman–Crippen MR) is 251 cm³/mol. The molecule has 17 atom stereocenters. The highest BCUT2D eigenvalue weighted by atomic mass is 16.7. The van der Waals surface area contributed by atoms with Crippen LogP contribution in [0.15, 0.2) is 48.5 Å². The summed E-state index contributed by atoms with van der Waals surface area (Å²) < 4.78 is 32.3. The van der Waals surface area contributed by atoms with E-state index in [1.165, 1.54) is 12.5 Å². The van der Waals surface area contributed by atoms with Crippen LogP contribution in [0.4, 0.5) is 0 Å². The number of hydrogen-bond acceptors (Lipinski definition) is 15. The van der Waals surface area contributed by atoms with Crippen molar-refractivity contribution in [1.29, 1.82) is 0 Å². The van der Waals surface area contributed by atoms with E-state index in [1.54, 1.807) is 27.0 Å². The van der Waals surface area contributed by atoms with Crippen LogP contribution in [-0.4, -0.2) is 154 Å². The highest BCUT2D eigenvalue weighted by molar-refractivity contribution is 5.73. The number of hydrogen-bond donors (Lipinski definition) is 7. The molecular weight excluding hydrogens is 833 g/mol. The zero-order valence-corrected chi connectivity index (χ0v) is 41.5.